The van der Waals surface area contributed by atoms with Gasteiger partial charge < -0.3 is 9.64 Å². The smallest absolute Gasteiger partial charge is 0.232 e. The van der Waals surface area contributed by atoms with Crippen molar-refractivity contribution in [2.75, 3.05) is 19.1 Å². The van der Waals surface area contributed by atoms with E-state index in [9.17, 15) is 0 Å². The van der Waals surface area contributed by atoms with Gasteiger partial charge in [0.2, 0.25) is 11.8 Å². The standard InChI is InChI=1S/C15H18BrN3O/c1-4-11-5-7-12(8-6-11)10-19(2)15-17-9-13(16)14(18-15)20-3/h5-9H,4,10H2,1-3H3. The second-order valence-corrected chi connectivity index (χ2v) is 5.41. The van der Waals surface area contributed by atoms with Crippen LogP contribution in [-0.4, -0.2) is 24.1 Å². The lowest BCUT2D eigenvalue weighted by molar-refractivity contribution is 0.394. The van der Waals surface area contributed by atoms with Gasteiger partial charge in [-0.05, 0) is 33.5 Å². The second-order valence-electron chi connectivity index (χ2n) is 4.55. The van der Waals surface area contributed by atoms with Crippen molar-refractivity contribution in [1.82, 2.24) is 9.97 Å². The van der Waals surface area contributed by atoms with Crippen LogP contribution in [0.1, 0.15) is 18.1 Å². The maximum atomic E-state index is 5.19. The Morgan fingerprint density at radius 3 is 2.45 bits per heavy atom. The predicted molar refractivity (Wildman–Crippen MR) is 84.2 cm³/mol. The van der Waals surface area contributed by atoms with Gasteiger partial charge in [0, 0.05) is 13.6 Å². The van der Waals surface area contributed by atoms with E-state index in [2.05, 4.69) is 57.1 Å². The van der Waals surface area contributed by atoms with Crippen LogP contribution in [0.2, 0.25) is 0 Å². The first kappa shape index (κ1) is 14.8. The molecule has 0 aliphatic carbocycles. The Morgan fingerprint density at radius 2 is 1.85 bits per heavy atom. The van der Waals surface area contributed by atoms with Gasteiger partial charge in [-0.25, -0.2) is 4.98 Å². The molecular formula is C15H18BrN3O. The molecule has 0 aliphatic rings. The number of rotatable bonds is 5. The van der Waals surface area contributed by atoms with Gasteiger partial charge in [-0.2, -0.15) is 4.98 Å². The number of methoxy groups -OCH3 is 1. The van der Waals surface area contributed by atoms with Crippen LogP contribution in [0, 0.1) is 0 Å². The van der Waals surface area contributed by atoms with E-state index in [1.807, 2.05) is 11.9 Å². The Bertz CT molecular complexity index is 572. The van der Waals surface area contributed by atoms with E-state index in [1.54, 1.807) is 13.3 Å². The van der Waals surface area contributed by atoms with Crippen molar-refractivity contribution in [3.8, 4) is 5.88 Å². The summed E-state index contributed by atoms with van der Waals surface area (Å²) in [6, 6.07) is 8.61. The Hall–Kier alpha value is -1.62. The van der Waals surface area contributed by atoms with Crippen LogP contribution in [0.5, 0.6) is 5.88 Å². The molecule has 2 aromatic rings. The summed E-state index contributed by atoms with van der Waals surface area (Å²) in [7, 11) is 3.57. The highest BCUT2D eigenvalue weighted by atomic mass is 79.9. The van der Waals surface area contributed by atoms with Crippen molar-refractivity contribution in [2.45, 2.75) is 19.9 Å². The summed E-state index contributed by atoms with van der Waals surface area (Å²) in [5.74, 6) is 1.19. The number of nitrogens with zero attached hydrogens (tertiary/aromatic N) is 3. The first-order valence-electron chi connectivity index (χ1n) is 6.49. The van der Waals surface area contributed by atoms with Crippen molar-refractivity contribution in [3.63, 3.8) is 0 Å². The number of aryl methyl sites for hydroxylation is 1. The van der Waals surface area contributed by atoms with Crippen LogP contribution >= 0.6 is 15.9 Å². The number of ether oxygens (including phenoxy) is 1. The molecule has 0 unspecified atom stereocenters. The van der Waals surface area contributed by atoms with E-state index in [4.69, 9.17) is 4.74 Å². The van der Waals surface area contributed by atoms with Gasteiger partial charge in [-0.1, -0.05) is 31.2 Å². The first-order valence-corrected chi connectivity index (χ1v) is 7.28. The molecule has 0 bridgehead atoms. The zero-order valence-corrected chi connectivity index (χ0v) is 13.5. The quantitative estimate of drug-likeness (QED) is 0.838. The molecule has 106 valence electrons. The van der Waals surface area contributed by atoms with Crippen LogP contribution in [0.4, 0.5) is 5.95 Å². The van der Waals surface area contributed by atoms with E-state index >= 15 is 0 Å². The molecule has 0 saturated carbocycles. The SMILES string of the molecule is CCc1ccc(CN(C)c2ncc(Br)c(OC)n2)cc1. The molecular weight excluding hydrogens is 318 g/mol. The van der Waals surface area contributed by atoms with Crippen LogP contribution in [-0.2, 0) is 13.0 Å². The minimum absolute atomic E-state index is 0.545. The van der Waals surface area contributed by atoms with Crippen LogP contribution in [0.25, 0.3) is 0 Å². The minimum atomic E-state index is 0.545. The molecule has 0 aliphatic heterocycles. The number of hydrogen-bond acceptors (Lipinski definition) is 4. The highest BCUT2D eigenvalue weighted by molar-refractivity contribution is 9.10. The molecule has 0 N–H and O–H groups in total. The third-order valence-electron chi connectivity index (χ3n) is 3.08. The molecule has 0 saturated heterocycles. The third-order valence-corrected chi connectivity index (χ3v) is 3.63. The summed E-state index contributed by atoms with van der Waals surface area (Å²) < 4.78 is 5.95. The average Bonchev–Trinajstić information content (AvgIpc) is 2.48. The lowest BCUT2D eigenvalue weighted by Gasteiger charge is -2.18. The largest absolute Gasteiger partial charge is 0.480 e. The van der Waals surface area contributed by atoms with Crippen molar-refractivity contribution in [2.24, 2.45) is 0 Å². The molecule has 1 aromatic carbocycles. The van der Waals surface area contributed by atoms with E-state index < -0.39 is 0 Å². The molecule has 20 heavy (non-hydrogen) atoms. The number of halogens is 1. The fourth-order valence-corrected chi connectivity index (χ4v) is 2.25. The van der Waals surface area contributed by atoms with Gasteiger partial charge in [0.1, 0.15) is 0 Å². The summed E-state index contributed by atoms with van der Waals surface area (Å²) >= 11 is 3.35. The molecule has 4 nitrogen and oxygen atoms in total. The topological polar surface area (TPSA) is 38.2 Å². The highest BCUT2D eigenvalue weighted by Gasteiger charge is 2.09. The third kappa shape index (κ3) is 3.48. The first-order chi connectivity index (χ1) is 9.63. The van der Waals surface area contributed by atoms with E-state index in [0.29, 0.717) is 11.8 Å². The highest BCUT2D eigenvalue weighted by Crippen LogP contribution is 2.23. The van der Waals surface area contributed by atoms with Gasteiger partial charge in [-0.3, -0.25) is 0 Å². The maximum absolute atomic E-state index is 5.19. The van der Waals surface area contributed by atoms with E-state index in [1.165, 1.54) is 11.1 Å². The second kappa shape index (κ2) is 6.70. The molecule has 0 fully saturated rings. The fraction of sp³-hybridized carbons (Fsp3) is 0.333. The van der Waals surface area contributed by atoms with Gasteiger partial charge in [-0.15, -0.1) is 0 Å². The molecule has 1 aromatic heterocycles. The van der Waals surface area contributed by atoms with E-state index in [0.717, 1.165) is 17.4 Å². The summed E-state index contributed by atoms with van der Waals surface area (Å²) in [4.78, 5) is 10.7. The Morgan fingerprint density at radius 1 is 1.20 bits per heavy atom. The molecule has 0 radical (unpaired) electrons. The monoisotopic (exact) mass is 335 g/mol. The fourth-order valence-electron chi connectivity index (χ4n) is 1.89. The van der Waals surface area contributed by atoms with Crippen LogP contribution in [0.15, 0.2) is 34.9 Å². The molecule has 2 rings (SSSR count). The zero-order chi connectivity index (χ0) is 14.5. The predicted octanol–water partition coefficient (Wildman–Crippen LogP) is 3.45. The number of anilines is 1. The van der Waals surface area contributed by atoms with Crippen molar-refractivity contribution < 1.29 is 4.74 Å². The zero-order valence-electron chi connectivity index (χ0n) is 11.9. The molecule has 0 amide bonds. The van der Waals surface area contributed by atoms with Crippen LogP contribution < -0.4 is 9.64 Å². The Balaban J connectivity index is 2.12. The number of aromatic nitrogens is 2. The lowest BCUT2D eigenvalue weighted by atomic mass is 10.1. The van der Waals surface area contributed by atoms with E-state index in [-0.39, 0.29) is 0 Å². The molecule has 1 heterocycles. The summed E-state index contributed by atoms with van der Waals surface area (Å²) in [5.41, 5.74) is 2.58. The summed E-state index contributed by atoms with van der Waals surface area (Å²) in [6.07, 6.45) is 2.76. The van der Waals surface area contributed by atoms with Gasteiger partial charge in [0.25, 0.3) is 0 Å². The number of benzene rings is 1. The summed E-state index contributed by atoms with van der Waals surface area (Å²) in [5, 5.41) is 0. The Labute approximate surface area is 127 Å². The molecule has 0 atom stereocenters. The van der Waals surface area contributed by atoms with Crippen molar-refractivity contribution in [1.29, 1.82) is 0 Å². The minimum Gasteiger partial charge on any atom is -0.480 e. The molecule has 0 spiro atoms. The van der Waals surface area contributed by atoms with Crippen LogP contribution in [0.3, 0.4) is 0 Å². The number of hydrogen-bond donors (Lipinski definition) is 0. The summed E-state index contributed by atoms with van der Waals surface area (Å²) in [6.45, 7) is 2.91. The normalized spacial score (nSPS) is 10.4. The average molecular weight is 336 g/mol. The van der Waals surface area contributed by atoms with Crippen molar-refractivity contribution in [3.05, 3.63) is 46.1 Å². The van der Waals surface area contributed by atoms with Gasteiger partial charge >= 0.3 is 0 Å². The van der Waals surface area contributed by atoms with Gasteiger partial charge in [0.15, 0.2) is 0 Å². The molecule has 5 heteroatoms. The Kier molecular flexibility index (Phi) is 4.95. The van der Waals surface area contributed by atoms with Crippen molar-refractivity contribution >= 4 is 21.9 Å². The maximum Gasteiger partial charge on any atom is 0.232 e. The van der Waals surface area contributed by atoms with Gasteiger partial charge in [0.05, 0.1) is 17.8 Å². The lowest BCUT2D eigenvalue weighted by Crippen LogP contribution is -2.19.